The van der Waals surface area contributed by atoms with Crippen LogP contribution in [0.25, 0.3) is 0 Å². The van der Waals surface area contributed by atoms with Crippen molar-refractivity contribution >= 4 is 17.3 Å². The van der Waals surface area contributed by atoms with Crippen molar-refractivity contribution in [2.75, 3.05) is 5.32 Å². The molecule has 0 radical (unpaired) electrons. The van der Waals surface area contributed by atoms with E-state index in [-0.39, 0.29) is 6.04 Å². The molecule has 0 aliphatic heterocycles. The summed E-state index contributed by atoms with van der Waals surface area (Å²) in [4.78, 5) is 0. The maximum Gasteiger partial charge on any atom is 0.0710 e. The molecule has 2 unspecified atom stereocenters. The standard InChI is InChI=1S/C10H14ClNO/c1-7(8(2)13)12-10-6-4-3-5-9(10)11/h3-8,12-13H,1-2H3. The molecule has 0 amide bonds. The Morgan fingerprint density at radius 2 is 1.92 bits per heavy atom. The molecule has 2 atom stereocenters. The number of aliphatic hydroxyl groups excluding tert-OH is 1. The lowest BCUT2D eigenvalue weighted by Crippen LogP contribution is -2.27. The zero-order chi connectivity index (χ0) is 9.84. The first-order valence-corrected chi connectivity index (χ1v) is 4.68. The summed E-state index contributed by atoms with van der Waals surface area (Å²) in [6.45, 7) is 3.66. The summed E-state index contributed by atoms with van der Waals surface area (Å²) >= 11 is 5.93. The maximum absolute atomic E-state index is 9.27. The second kappa shape index (κ2) is 4.49. The molecule has 0 aromatic heterocycles. The van der Waals surface area contributed by atoms with Crippen LogP contribution in [-0.4, -0.2) is 17.3 Å². The number of hydrogen-bond donors (Lipinski definition) is 2. The number of anilines is 1. The Labute approximate surface area is 83.5 Å². The van der Waals surface area contributed by atoms with Crippen LogP contribution in [0.5, 0.6) is 0 Å². The van der Waals surface area contributed by atoms with Crippen molar-refractivity contribution < 1.29 is 5.11 Å². The van der Waals surface area contributed by atoms with Gasteiger partial charge in [0.2, 0.25) is 0 Å². The number of halogens is 1. The lowest BCUT2D eigenvalue weighted by Gasteiger charge is -2.18. The van der Waals surface area contributed by atoms with E-state index in [1.165, 1.54) is 0 Å². The van der Waals surface area contributed by atoms with E-state index >= 15 is 0 Å². The maximum atomic E-state index is 9.27. The largest absolute Gasteiger partial charge is 0.391 e. The van der Waals surface area contributed by atoms with Gasteiger partial charge in [-0.2, -0.15) is 0 Å². The third-order valence-corrected chi connectivity index (χ3v) is 2.31. The number of nitrogens with one attached hydrogen (secondary N) is 1. The van der Waals surface area contributed by atoms with Crippen molar-refractivity contribution in [1.82, 2.24) is 0 Å². The van der Waals surface area contributed by atoms with E-state index in [0.29, 0.717) is 5.02 Å². The van der Waals surface area contributed by atoms with Gasteiger partial charge in [-0.25, -0.2) is 0 Å². The van der Waals surface area contributed by atoms with E-state index in [0.717, 1.165) is 5.69 Å². The van der Waals surface area contributed by atoms with Gasteiger partial charge < -0.3 is 10.4 Å². The van der Waals surface area contributed by atoms with Crippen LogP contribution in [0.4, 0.5) is 5.69 Å². The van der Waals surface area contributed by atoms with Gasteiger partial charge in [0.15, 0.2) is 0 Å². The highest BCUT2D eigenvalue weighted by atomic mass is 35.5. The molecule has 1 aromatic carbocycles. The fourth-order valence-electron chi connectivity index (χ4n) is 0.944. The molecule has 1 aromatic rings. The van der Waals surface area contributed by atoms with E-state index < -0.39 is 6.10 Å². The van der Waals surface area contributed by atoms with E-state index in [9.17, 15) is 5.11 Å². The molecule has 0 bridgehead atoms. The summed E-state index contributed by atoms with van der Waals surface area (Å²) in [7, 11) is 0. The van der Waals surface area contributed by atoms with Gasteiger partial charge >= 0.3 is 0 Å². The van der Waals surface area contributed by atoms with Crippen molar-refractivity contribution in [3.8, 4) is 0 Å². The van der Waals surface area contributed by atoms with Crippen molar-refractivity contribution in [3.63, 3.8) is 0 Å². The first-order chi connectivity index (χ1) is 6.11. The summed E-state index contributed by atoms with van der Waals surface area (Å²) in [5, 5.41) is 13.1. The van der Waals surface area contributed by atoms with Crippen molar-refractivity contribution in [3.05, 3.63) is 29.3 Å². The van der Waals surface area contributed by atoms with Gasteiger partial charge in [-0.15, -0.1) is 0 Å². The number of aliphatic hydroxyl groups is 1. The molecule has 1 rings (SSSR count). The van der Waals surface area contributed by atoms with Crippen LogP contribution >= 0.6 is 11.6 Å². The second-order valence-corrected chi connectivity index (χ2v) is 3.56. The monoisotopic (exact) mass is 199 g/mol. The fraction of sp³-hybridized carbons (Fsp3) is 0.400. The van der Waals surface area contributed by atoms with E-state index in [4.69, 9.17) is 11.6 Å². The molecule has 0 aliphatic rings. The highest BCUT2D eigenvalue weighted by Gasteiger charge is 2.09. The molecule has 13 heavy (non-hydrogen) atoms. The molecule has 2 N–H and O–H groups in total. The van der Waals surface area contributed by atoms with Crippen LogP contribution in [0.15, 0.2) is 24.3 Å². The zero-order valence-corrected chi connectivity index (χ0v) is 8.55. The topological polar surface area (TPSA) is 32.3 Å². The summed E-state index contributed by atoms with van der Waals surface area (Å²) in [5.41, 5.74) is 0.859. The van der Waals surface area contributed by atoms with E-state index in [2.05, 4.69) is 5.32 Å². The Morgan fingerprint density at radius 3 is 2.46 bits per heavy atom. The molecular formula is C10H14ClNO. The summed E-state index contributed by atoms with van der Waals surface area (Å²) < 4.78 is 0. The van der Waals surface area contributed by atoms with Crippen LogP contribution < -0.4 is 5.32 Å². The molecule has 0 aliphatic carbocycles. The minimum atomic E-state index is -0.392. The van der Waals surface area contributed by atoms with Gasteiger partial charge in [0.25, 0.3) is 0 Å². The SMILES string of the molecule is CC(O)C(C)Nc1ccccc1Cl. The van der Waals surface area contributed by atoms with Crippen LogP contribution in [-0.2, 0) is 0 Å². The van der Waals surface area contributed by atoms with Gasteiger partial charge in [0.1, 0.15) is 0 Å². The third kappa shape index (κ3) is 2.90. The molecule has 2 nitrogen and oxygen atoms in total. The minimum Gasteiger partial charge on any atom is -0.391 e. The molecule has 0 fully saturated rings. The highest BCUT2D eigenvalue weighted by Crippen LogP contribution is 2.21. The van der Waals surface area contributed by atoms with Crippen LogP contribution in [0, 0.1) is 0 Å². The number of benzene rings is 1. The van der Waals surface area contributed by atoms with Crippen molar-refractivity contribution in [2.45, 2.75) is 26.0 Å². The highest BCUT2D eigenvalue weighted by molar-refractivity contribution is 6.33. The predicted octanol–water partition coefficient (Wildman–Crippen LogP) is 2.52. The molecule has 72 valence electrons. The zero-order valence-electron chi connectivity index (χ0n) is 7.79. The molecule has 0 saturated carbocycles. The Kier molecular flexibility index (Phi) is 3.58. The number of hydrogen-bond acceptors (Lipinski definition) is 2. The third-order valence-electron chi connectivity index (χ3n) is 1.98. The van der Waals surface area contributed by atoms with Gasteiger partial charge in [0.05, 0.1) is 16.8 Å². The Bertz CT molecular complexity index is 275. The molecule has 0 saturated heterocycles. The minimum absolute atomic E-state index is 0.0000926. The van der Waals surface area contributed by atoms with Gasteiger partial charge in [-0.1, -0.05) is 23.7 Å². The summed E-state index contributed by atoms with van der Waals surface area (Å²) in [6.07, 6.45) is -0.392. The van der Waals surface area contributed by atoms with Crippen molar-refractivity contribution in [1.29, 1.82) is 0 Å². The lowest BCUT2D eigenvalue weighted by atomic mass is 10.2. The first kappa shape index (κ1) is 10.4. The average Bonchev–Trinajstić information content (AvgIpc) is 2.08. The second-order valence-electron chi connectivity index (χ2n) is 3.15. The van der Waals surface area contributed by atoms with Gasteiger partial charge in [0, 0.05) is 6.04 Å². The van der Waals surface area contributed by atoms with Gasteiger partial charge in [-0.05, 0) is 26.0 Å². The van der Waals surface area contributed by atoms with E-state index in [1.54, 1.807) is 6.92 Å². The lowest BCUT2D eigenvalue weighted by molar-refractivity contribution is 0.178. The smallest absolute Gasteiger partial charge is 0.0710 e. The molecule has 3 heteroatoms. The Morgan fingerprint density at radius 1 is 1.31 bits per heavy atom. The molecule has 0 spiro atoms. The van der Waals surface area contributed by atoms with Crippen LogP contribution in [0.3, 0.4) is 0 Å². The predicted molar refractivity (Wildman–Crippen MR) is 56.2 cm³/mol. The number of para-hydroxylation sites is 1. The fourth-order valence-corrected chi connectivity index (χ4v) is 1.13. The first-order valence-electron chi connectivity index (χ1n) is 4.30. The van der Waals surface area contributed by atoms with Gasteiger partial charge in [-0.3, -0.25) is 0 Å². The average molecular weight is 200 g/mol. The summed E-state index contributed by atoms with van der Waals surface area (Å²) in [5.74, 6) is 0. The Hall–Kier alpha value is -0.730. The normalized spacial score (nSPS) is 15.1. The van der Waals surface area contributed by atoms with Crippen LogP contribution in [0.2, 0.25) is 5.02 Å². The van der Waals surface area contributed by atoms with E-state index in [1.807, 2.05) is 31.2 Å². The molecule has 0 heterocycles. The number of rotatable bonds is 3. The quantitative estimate of drug-likeness (QED) is 0.784. The molecular weight excluding hydrogens is 186 g/mol. The Balaban J connectivity index is 2.69. The summed E-state index contributed by atoms with van der Waals surface area (Å²) in [6, 6.07) is 7.49. The van der Waals surface area contributed by atoms with Crippen molar-refractivity contribution in [2.24, 2.45) is 0 Å². The van der Waals surface area contributed by atoms with Crippen LogP contribution in [0.1, 0.15) is 13.8 Å².